The van der Waals surface area contributed by atoms with Crippen LogP contribution in [0.1, 0.15) is 11.1 Å². The van der Waals surface area contributed by atoms with Gasteiger partial charge in [-0.05, 0) is 52.8 Å². The fourth-order valence-electron chi connectivity index (χ4n) is 0.889. The predicted molar refractivity (Wildman–Crippen MR) is 57.5 cm³/mol. The van der Waals surface area contributed by atoms with E-state index in [0.717, 1.165) is 15.6 Å². The van der Waals surface area contributed by atoms with Gasteiger partial charge in [0.25, 0.3) is 0 Å². The first-order chi connectivity index (χ1) is 5.16. The number of aliphatic hydroxyl groups excluding tert-OH is 1. The molecule has 0 aliphatic rings. The lowest BCUT2D eigenvalue weighted by molar-refractivity contribution is 0.280. The van der Waals surface area contributed by atoms with Gasteiger partial charge in [-0.1, -0.05) is 15.9 Å². The van der Waals surface area contributed by atoms with Gasteiger partial charge in [-0.3, -0.25) is 0 Å². The summed E-state index contributed by atoms with van der Waals surface area (Å²) >= 11 is 5.64. The Morgan fingerprint density at radius 1 is 1.55 bits per heavy atom. The molecule has 0 aliphatic carbocycles. The zero-order chi connectivity index (χ0) is 8.43. The van der Waals surface area contributed by atoms with Crippen LogP contribution in [-0.4, -0.2) is 5.11 Å². The molecule has 0 saturated heterocycles. The third kappa shape index (κ3) is 1.95. The smallest absolute Gasteiger partial charge is 0.0695 e. The van der Waals surface area contributed by atoms with Gasteiger partial charge in [0.1, 0.15) is 0 Å². The third-order valence-electron chi connectivity index (χ3n) is 1.63. The number of hydrogen-bond donors (Lipinski definition) is 1. The molecule has 0 unspecified atom stereocenters. The summed E-state index contributed by atoms with van der Waals surface area (Å²) in [5, 5.41) is 8.99. The van der Waals surface area contributed by atoms with Gasteiger partial charge in [-0.15, -0.1) is 0 Å². The van der Waals surface area contributed by atoms with Crippen LogP contribution in [-0.2, 0) is 6.61 Å². The Bertz CT molecular complexity index is 273. The Morgan fingerprint density at radius 3 is 2.64 bits per heavy atom. The number of aliphatic hydroxyl groups is 1. The van der Waals surface area contributed by atoms with E-state index < -0.39 is 0 Å². The second-order valence-electron chi connectivity index (χ2n) is 2.29. The van der Waals surface area contributed by atoms with Gasteiger partial charge in [0.2, 0.25) is 0 Å². The van der Waals surface area contributed by atoms with Crippen LogP contribution in [0, 0.1) is 10.5 Å². The molecule has 1 N–H and O–H groups in total. The molecular formula is C8H8BrIO. The Kier molecular flexibility index (Phi) is 3.33. The summed E-state index contributed by atoms with van der Waals surface area (Å²) in [4.78, 5) is 0. The maximum Gasteiger partial charge on any atom is 0.0695 e. The minimum atomic E-state index is 0.100. The van der Waals surface area contributed by atoms with Gasteiger partial charge in [0.15, 0.2) is 0 Å². The molecule has 1 aromatic carbocycles. The zero-order valence-electron chi connectivity index (χ0n) is 6.06. The molecule has 0 heterocycles. The Hall–Kier alpha value is 0.390. The van der Waals surface area contributed by atoms with Crippen LogP contribution in [0.25, 0.3) is 0 Å². The van der Waals surface area contributed by atoms with Crippen LogP contribution in [0.4, 0.5) is 0 Å². The molecule has 0 spiro atoms. The van der Waals surface area contributed by atoms with E-state index in [-0.39, 0.29) is 6.61 Å². The highest BCUT2D eigenvalue weighted by molar-refractivity contribution is 14.1. The van der Waals surface area contributed by atoms with Crippen LogP contribution < -0.4 is 0 Å². The molecule has 0 radical (unpaired) electrons. The normalized spacial score (nSPS) is 10.2. The average Bonchev–Trinajstić information content (AvgIpc) is 1.99. The van der Waals surface area contributed by atoms with E-state index in [1.54, 1.807) is 0 Å². The summed E-state index contributed by atoms with van der Waals surface area (Å²) in [6.45, 7) is 2.11. The van der Waals surface area contributed by atoms with Crippen molar-refractivity contribution in [3.8, 4) is 0 Å². The minimum absolute atomic E-state index is 0.100. The summed E-state index contributed by atoms with van der Waals surface area (Å²) in [6.07, 6.45) is 0. The molecule has 1 aromatic rings. The molecule has 0 bridgehead atoms. The maximum absolute atomic E-state index is 8.99. The lowest BCUT2D eigenvalue weighted by Crippen LogP contribution is -1.92. The summed E-state index contributed by atoms with van der Waals surface area (Å²) in [5.74, 6) is 0. The van der Waals surface area contributed by atoms with Crippen molar-refractivity contribution in [3.63, 3.8) is 0 Å². The highest BCUT2D eigenvalue weighted by Gasteiger charge is 2.04. The highest BCUT2D eigenvalue weighted by atomic mass is 127. The lowest BCUT2D eigenvalue weighted by atomic mass is 10.1. The van der Waals surface area contributed by atoms with Gasteiger partial charge < -0.3 is 5.11 Å². The largest absolute Gasteiger partial charge is 0.392 e. The minimum Gasteiger partial charge on any atom is -0.392 e. The van der Waals surface area contributed by atoms with Crippen molar-refractivity contribution in [2.24, 2.45) is 0 Å². The van der Waals surface area contributed by atoms with E-state index in [9.17, 15) is 0 Å². The molecular weight excluding hydrogens is 319 g/mol. The van der Waals surface area contributed by atoms with Crippen LogP contribution in [0.3, 0.4) is 0 Å². The Balaban J connectivity index is 3.29. The summed E-state index contributed by atoms with van der Waals surface area (Å²) in [7, 11) is 0. The maximum atomic E-state index is 8.99. The molecule has 1 rings (SSSR count). The van der Waals surface area contributed by atoms with Gasteiger partial charge in [-0.2, -0.15) is 0 Å². The van der Waals surface area contributed by atoms with Crippen molar-refractivity contribution >= 4 is 38.5 Å². The molecule has 0 atom stereocenters. The summed E-state index contributed by atoms with van der Waals surface area (Å²) in [6, 6.07) is 3.99. The lowest BCUT2D eigenvalue weighted by Gasteiger charge is -2.06. The van der Waals surface area contributed by atoms with Crippen molar-refractivity contribution in [1.82, 2.24) is 0 Å². The average molecular weight is 327 g/mol. The molecule has 0 amide bonds. The van der Waals surface area contributed by atoms with Crippen LogP contribution >= 0.6 is 38.5 Å². The summed E-state index contributed by atoms with van der Waals surface area (Å²) < 4.78 is 2.17. The molecule has 3 heteroatoms. The fraction of sp³-hybridized carbons (Fsp3) is 0.250. The molecule has 0 fully saturated rings. The molecule has 11 heavy (non-hydrogen) atoms. The van der Waals surface area contributed by atoms with E-state index in [2.05, 4.69) is 38.5 Å². The number of rotatable bonds is 1. The van der Waals surface area contributed by atoms with E-state index in [0.29, 0.717) is 0 Å². The van der Waals surface area contributed by atoms with Gasteiger partial charge >= 0.3 is 0 Å². The van der Waals surface area contributed by atoms with E-state index in [4.69, 9.17) is 5.11 Å². The van der Waals surface area contributed by atoms with Crippen LogP contribution in [0.5, 0.6) is 0 Å². The molecule has 0 aliphatic heterocycles. The standard InChI is InChI=1S/C8H8BrIO/c1-5-6(4-11)7(9)2-3-8(5)10/h2-3,11H,4H2,1H3. The molecule has 1 nitrogen and oxygen atoms in total. The second-order valence-corrected chi connectivity index (χ2v) is 4.31. The Labute approximate surface area is 88.1 Å². The topological polar surface area (TPSA) is 20.2 Å². The first kappa shape index (κ1) is 9.48. The number of hydrogen-bond acceptors (Lipinski definition) is 1. The van der Waals surface area contributed by atoms with Gasteiger partial charge in [0, 0.05) is 8.04 Å². The second kappa shape index (κ2) is 3.87. The fourth-order valence-corrected chi connectivity index (χ4v) is 1.95. The first-order valence-electron chi connectivity index (χ1n) is 3.21. The van der Waals surface area contributed by atoms with Crippen molar-refractivity contribution in [1.29, 1.82) is 0 Å². The van der Waals surface area contributed by atoms with E-state index in [1.165, 1.54) is 3.57 Å². The SMILES string of the molecule is Cc1c(I)ccc(Br)c1CO. The van der Waals surface area contributed by atoms with Gasteiger partial charge in [-0.25, -0.2) is 0 Å². The third-order valence-corrected chi connectivity index (χ3v) is 3.54. The zero-order valence-corrected chi connectivity index (χ0v) is 9.81. The Morgan fingerprint density at radius 2 is 2.18 bits per heavy atom. The quantitative estimate of drug-likeness (QED) is 0.787. The van der Waals surface area contributed by atoms with Crippen molar-refractivity contribution in [2.75, 3.05) is 0 Å². The molecule has 0 aromatic heterocycles. The monoisotopic (exact) mass is 326 g/mol. The highest BCUT2D eigenvalue weighted by Crippen LogP contribution is 2.24. The first-order valence-corrected chi connectivity index (χ1v) is 5.08. The van der Waals surface area contributed by atoms with E-state index >= 15 is 0 Å². The summed E-state index contributed by atoms with van der Waals surface area (Å²) in [5.41, 5.74) is 2.14. The molecule has 0 saturated carbocycles. The van der Waals surface area contributed by atoms with Gasteiger partial charge in [0.05, 0.1) is 6.61 Å². The number of halogens is 2. The molecule has 60 valence electrons. The van der Waals surface area contributed by atoms with Crippen LogP contribution in [0.15, 0.2) is 16.6 Å². The predicted octanol–water partition coefficient (Wildman–Crippen LogP) is 2.85. The van der Waals surface area contributed by atoms with E-state index in [1.807, 2.05) is 19.1 Å². The van der Waals surface area contributed by atoms with Crippen molar-refractivity contribution in [3.05, 3.63) is 31.3 Å². The van der Waals surface area contributed by atoms with Crippen LogP contribution in [0.2, 0.25) is 0 Å². The van der Waals surface area contributed by atoms with Crippen molar-refractivity contribution < 1.29 is 5.11 Å². The van der Waals surface area contributed by atoms with Crippen molar-refractivity contribution in [2.45, 2.75) is 13.5 Å². The number of benzene rings is 1.